The summed E-state index contributed by atoms with van der Waals surface area (Å²) in [6.07, 6.45) is 5.96. The van der Waals surface area contributed by atoms with Crippen LogP contribution in [0.1, 0.15) is 39.5 Å². The molecule has 1 heteroatoms. The van der Waals surface area contributed by atoms with Gasteiger partial charge in [-0.3, -0.25) is 0 Å². The summed E-state index contributed by atoms with van der Waals surface area (Å²) in [5, 5.41) is 0. The summed E-state index contributed by atoms with van der Waals surface area (Å²) in [7, 11) is 0. The molecule has 0 radical (unpaired) electrons. The molecular weight excluding hydrogens is 146 g/mol. The van der Waals surface area contributed by atoms with E-state index in [0.717, 1.165) is 24.3 Å². The molecule has 2 saturated carbocycles. The van der Waals surface area contributed by atoms with Crippen molar-refractivity contribution in [3.05, 3.63) is 0 Å². The first-order valence-corrected chi connectivity index (χ1v) is 5.33. The van der Waals surface area contributed by atoms with Crippen LogP contribution in [0.3, 0.4) is 0 Å². The minimum absolute atomic E-state index is 0.403. The molecule has 2 N–H and O–H groups in total. The summed E-state index contributed by atoms with van der Waals surface area (Å²) in [4.78, 5) is 0. The maximum Gasteiger partial charge on any atom is -0.00231 e. The molecule has 2 aliphatic rings. The zero-order chi connectivity index (χ0) is 8.77. The first-order chi connectivity index (χ1) is 5.63. The van der Waals surface area contributed by atoms with Gasteiger partial charge in [0.15, 0.2) is 0 Å². The van der Waals surface area contributed by atoms with Gasteiger partial charge in [0.2, 0.25) is 0 Å². The van der Waals surface area contributed by atoms with Crippen molar-refractivity contribution in [1.82, 2.24) is 0 Å². The second-order valence-electron chi connectivity index (χ2n) is 5.47. The summed E-state index contributed by atoms with van der Waals surface area (Å²) >= 11 is 0. The largest absolute Gasteiger partial charge is 0.330 e. The Morgan fingerprint density at radius 1 is 1.25 bits per heavy atom. The molecular formula is C11H21N. The lowest BCUT2D eigenvalue weighted by atomic mass is 9.70. The molecule has 0 saturated heterocycles. The molecule has 3 unspecified atom stereocenters. The molecule has 2 bridgehead atoms. The summed E-state index contributed by atoms with van der Waals surface area (Å²) < 4.78 is 0. The first-order valence-electron chi connectivity index (χ1n) is 5.33. The summed E-state index contributed by atoms with van der Waals surface area (Å²) in [5.74, 6) is 3.01. The zero-order valence-electron chi connectivity index (χ0n) is 8.34. The van der Waals surface area contributed by atoms with E-state index in [9.17, 15) is 0 Å². The average molecular weight is 167 g/mol. The normalized spacial score (nSPS) is 40.8. The molecule has 0 aromatic carbocycles. The van der Waals surface area contributed by atoms with Gasteiger partial charge in [0.25, 0.3) is 0 Å². The maximum atomic E-state index is 5.82. The third kappa shape index (κ3) is 1.19. The van der Waals surface area contributed by atoms with E-state index in [1.54, 1.807) is 0 Å². The van der Waals surface area contributed by atoms with Crippen LogP contribution in [-0.4, -0.2) is 6.54 Å². The molecule has 70 valence electrons. The summed E-state index contributed by atoms with van der Waals surface area (Å²) in [6.45, 7) is 5.55. The number of fused-ring (bicyclic) bond motifs is 2. The Bertz CT molecular complexity index is 174. The highest BCUT2D eigenvalue weighted by Gasteiger charge is 2.45. The van der Waals surface area contributed by atoms with Crippen LogP contribution in [0, 0.1) is 23.2 Å². The van der Waals surface area contributed by atoms with Crippen LogP contribution in [-0.2, 0) is 0 Å². The Labute approximate surface area is 75.7 Å². The topological polar surface area (TPSA) is 26.0 Å². The minimum atomic E-state index is 0.403. The molecule has 0 aromatic heterocycles. The van der Waals surface area contributed by atoms with Gasteiger partial charge in [0.1, 0.15) is 0 Å². The number of hydrogen-bond acceptors (Lipinski definition) is 1. The van der Waals surface area contributed by atoms with Crippen molar-refractivity contribution in [1.29, 1.82) is 0 Å². The number of hydrogen-bond donors (Lipinski definition) is 1. The van der Waals surface area contributed by atoms with Crippen LogP contribution in [0.4, 0.5) is 0 Å². The van der Waals surface area contributed by atoms with Crippen molar-refractivity contribution in [3.63, 3.8) is 0 Å². The van der Waals surface area contributed by atoms with Crippen molar-refractivity contribution >= 4 is 0 Å². The predicted octanol–water partition coefficient (Wildman–Crippen LogP) is 2.41. The monoisotopic (exact) mass is 167 g/mol. The molecule has 2 rings (SSSR count). The van der Waals surface area contributed by atoms with E-state index in [-0.39, 0.29) is 0 Å². The van der Waals surface area contributed by atoms with Gasteiger partial charge in [-0.25, -0.2) is 0 Å². The fraction of sp³-hybridized carbons (Fsp3) is 1.00. The molecule has 2 aliphatic carbocycles. The Kier molecular flexibility index (Phi) is 1.95. The van der Waals surface area contributed by atoms with Crippen LogP contribution < -0.4 is 5.73 Å². The minimum Gasteiger partial charge on any atom is -0.330 e. The Morgan fingerprint density at radius 3 is 2.42 bits per heavy atom. The first kappa shape index (κ1) is 8.55. The summed E-state index contributed by atoms with van der Waals surface area (Å²) in [5.41, 5.74) is 6.22. The standard InChI is InChI=1S/C11H21N/c1-11(2,7-12)10-6-8-3-4-9(10)5-8/h8-10H,3-7,12H2,1-2H3. The van der Waals surface area contributed by atoms with Gasteiger partial charge < -0.3 is 5.73 Å². The predicted molar refractivity (Wildman–Crippen MR) is 51.8 cm³/mol. The van der Waals surface area contributed by atoms with Gasteiger partial charge >= 0.3 is 0 Å². The van der Waals surface area contributed by atoms with Gasteiger partial charge in [0, 0.05) is 0 Å². The van der Waals surface area contributed by atoms with Crippen LogP contribution in [0.25, 0.3) is 0 Å². The van der Waals surface area contributed by atoms with E-state index in [4.69, 9.17) is 5.73 Å². The van der Waals surface area contributed by atoms with E-state index in [2.05, 4.69) is 13.8 Å². The molecule has 3 atom stereocenters. The molecule has 0 aliphatic heterocycles. The average Bonchev–Trinajstić information content (AvgIpc) is 2.64. The quantitative estimate of drug-likeness (QED) is 0.671. The summed E-state index contributed by atoms with van der Waals surface area (Å²) in [6, 6.07) is 0. The molecule has 0 amide bonds. The van der Waals surface area contributed by atoms with E-state index < -0.39 is 0 Å². The molecule has 2 fully saturated rings. The van der Waals surface area contributed by atoms with Crippen molar-refractivity contribution in [3.8, 4) is 0 Å². The molecule has 0 spiro atoms. The Balaban J connectivity index is 2.06. The van der Waals surface area contributed by atoms with Crippen LogP contribution >= 0.6 is 0 Å². The molecule has 0 aromatic rings. The molecule has 12 heavy (non-hydrogen) atoms. The van der Waals surface area contributed by atoms with Crippen molar-refractivity contribution in [2.45, 2.75) is 39.5 Å². The number of nitrogens with two attached hydrogens (primary N) is 1. The molecule has 0 heterocycles. The van der Waals surface area contributed by atoms with E-state index >= 15 is 0 Å². The SMILES string of the molecule is CC(C)(CN)C1CC2CCC1C2. The smallest absolute Gasteiger partial charge is 0.00231 e. The van der Waals surface area contributed by atoms with Crippen molar-refractivity contribution in [2.24, 2.45) is 28.9 Å². The van der Waals surface area contributed by atoms with Gasteiger partial charge in [-0.1, -0.05) is 20.3 Å². The Morgan fingerprint density at radius 2 is 2.00 bits per heavy atom. The van der Waals surface area contributed by atoms with Crippen LogP contribution in [0.15, 0.2) is 0 Å². The second-order valence-corrected chi connectivity index (χ2v) is 5.47. The lowest BCUT2D eigenvalue weighted by Gasteiger charge is -2.36. The lowest BCUT2D eigenvalue weighted by Crippen LogP contribution is -2.35. The maximum absolute atomic E-state index is 5.82. The van der Waals surface area contributed by atoms with E-state index in [0.29, 0.717) is 5.41 Å². The van der Waals surface area contributed by atoms with Crippen molar-refractivity contribution < 1.29 is 0 Å². The molecule has 1 nitrogen and oxygen atoms in total. The highest BCUT2D eigenvalue weighted by Crippen LogP contribution is 2.54. The van der Waals surface area contributed by atoms with E-state index in [1.165, 1.54) is 25.7 Å². The van der Waals surface area contributed by atoms with Gasteiger partial charge in [0.05, 0.1) is 0 Å². The highest BCUT2D eigenvalue weighted by molar-refractivity contribution is 4.96. The fourth-order valence-electron chi connectivity index (χ4n) is 3.35. The number of rotatable bonds is 2. The van der Waals surface area contributed by atoms with Crippen molar-refractivity contribution in [2.75, 3.05) is 6.54 Å². The Hall–Kier alpha value is -0.0400. The van der Waals surface area contributed by atoms with Gasteiger partial charge in [-0.05, 0) is 49.0 Å². The lowest BCUT2D eigenvalue weighted by molar-refractivity contribution is 0.149. The second kappa shape index (κ2) is 2.73. The van der Waals surface area contributed by atoms with E-state index in [1.807, 2.05) is 0 Å². The highest BCUT2D eigenvalue weighted by atomic mass is 14.6. The van der Waals surface area contributed by atoms with Gasteiger partial charge in [-0.15, -0.1) is 0 Å². The van der Waals surface area contributed by atoms with Crippen LogP contribution in [0.2, 0.25) is 0 Å². The fourth-order valence-corrected chi connectivity index (χ4v) is 3.35. The zero-order valence-corrected chi connectivity index (χ0v) is 8.34. The van der Waals surface area contributed by atoms with Crippen LogP contribution in [0.5, 0.6) is 0 Å². The van der Waals surface area contributed by atoms with Gasteiger partial charge in [-0.2, -0.15) is 0 Å². The third-order valence-electron chi connectivity index (χ3n) is 4.27. The third-order valence-corrected chi connectivity index (χ3v) is 4.27.